The highest BCUT2D eigenvalue weighted by Gasteiger charge is 2.62. The maximum absolute atomic E-state index is 12.2. The number of fused-ring (bicyclic) bond motifs is 1. The van der Waals surface area contributed by atoms with E-state index in [-0.39, 0.29) is 13.2 Å². The number of hydrogen-bond donors (Lipinski definition) is 0. The summed E-state index contributed by atoms with van der Waals surface area (Å²) < 4.78 is 36.1. The molecule has 0 saturated carbocycles. The molecule has 0 amide bonds. The van der Waals surface area contributed by atoms with Crippen LogP contribution in [-0.2, 0) is 46.4 Å². The summed E-state index contributed by atoms with van der Waals surface area (Å²) in [5, 5.41) is 0. The third kappa shape index (κ3) is 5.92. The van der Waals surface area contributed by atoms with E-state index in [0.29, 0.717) is 13.2 Å². The molecule has 2 heterocycles. The molecule has 4 rings (SSSR count). The van der Waals surface area contributed by atoms with Gasteiger partial charge in [-0.3, -0.25) is 0 Å². The molecule has 0 N–H and O–H groups in total. The molecule has 2 aromatic rings. The smallest absolute Gasteiger partial charge is 0.330 e. The molecule has 0 aromatic heterocycles. The van der Waals surface area contributed by atoms with Crippen molar-refractivity contribution in [3.05, 3.63) is 83.9 Å². The lowest BCUT2D eigenvalue weighted by molar-refractivity contribution is -0.243. The van der Waals surface area contributed by atoms with E-state index in [1.54, 1.807) is 13.0 Å². The van der Waals surface area contributed by atoms with Crippen molar-refractivity contribution in [2.24, 2.45) is 0 Å². The zero-order valence-electron chi connectivity index (χ0n) is 19.8. The van der Waals surface area contributed by atoms with E-state index in [0.717, 1.165) is 11.1 Å². The summed E-state index contributed by atoms with van der Waals surface area (Å²) >= 11 is 0. The molecule has 2 aliphatic rings. The zero-order valence-corrected chi connectivity index (χ0v) is 19.8. The first-order valence-electron chi connectivity index (χ1n) is 11.6. The number of esters is 1. The molecule has 2 fully saturated rings. The van der Waals surface area contributed by atoms with Crippen LogP contribution in [0.25, 0.3) is 0 Å². The highest BCUT2D eigenvalue weighted by Crippen LogP contribution is 2.45. The third-order valence-corrected chi connectivity index (χ3v) is 5.70. The van der Waals surface area contributed by atoms with Crippen LogP contribution in [0.4, 0.5) is 0 Å². The van der Waals surface area contributed by atoms with Gasteiger partial charge in [-0.05, 0) is 38.0 Å². The number of carbonyl (C=O) groups excluding carboxylic acids is 1. The quantitative estimate of drug-likeness (QED) is 0.383. The van der Waals surface area contributed by atoms with E-state index < -0.39 is 35.9 Å². The van der Waals surface area contributed by atoms with Gasteiger partial charge in [0.05, 0.1) is 26.4 Å². The van der Waals surface area contributed by atoms with E-state index in [1.807, 2.05) is 74.5 Å². The van der Waals surface area contributed by atoms with Crippen LogP contribution in [0.15, 0.2) is 72.8 Å². The Morgan fingerprint density at radius 1 is 0.941 bits per heavy atom. The van der Waals surface area contributed by atoms with E-state index >= 15 is 0 Å². The van der Waals surface area contributed by atoms with Gasteiger partial charge < -0.3 is 28.4 Å². The fourth-order valence-electron chi connectivity index (χ4n) is 4.21. The Hall–Kier alpha value is -2.55. The van der Waals surface area contributed by atoms with Crippen LogP contribution in [0.5, 0.6) is 0 Å². The van der Waals surface area contributed by atoms with E-state index in [1.165, 1.54) is 6.08 Å². The minimum absolute atomic E-state index is 0.136. The first kappa shape index (κ1) is 24.6. The molecule has 4 atom stereocenters. The summed E-state index contributed by atoms with van der Waals surface area (Å²) in [4.78, 5) is 12.2. The number of hydrogen-bond acceptors (Lipinski definition) is 7. The Morgan fingerprint density at radius 2 is 1.59 bits per heavy atom. The van der Waals surface area contributed by atoms with Crippen molar-refractivity contribution < 1.29 is 33.2 Å². The van der Waals surface area contributed by atoms with Crippen LogP contribution >= 0.6 is 0 Å². The zero-order chi connectivity index (χ0) is 24.0. The largest absolute Gasteiger partial charge is 0.463 e. The number of ether oxygens (including phenoxy) is 6. The molecule has 2 aromatic carbocycles. The molecule has 0 spiro atoms. The average Bonchev–Trinajstić information content (AvgIpc) is 3.26. The molecule has 1 unspecified atom stereocenters. The lowest BCUT2D eigenvalue weighted by Crippen LogP contribution is -2.48. The Bertz CT molecular complexity index is 959. The maximum atomic E-state index is 12.2. The summed E-state index contributed by atoms with van der Waals surface area (Å²) in [6.45, 7) is 6.58. The highest BCUT2D eigenvalue weighted by atomic mass is 16.8. The summed E-state index contributed by atoms with van der Waals surface area (Å²) in [6.07, 6.45) is 1.28. The first-order chi connectivity index (χ1) is 16.4. The predicted molar refractivity (Wildman–Crippen MR) is 125 cm³/mol. The van der Waals surface area contributed by atoms with Gasteiger partial charge in [0, 0.05) is 6.08 Å². The third-order valence-electron chi connectivity index (χ3n) is 5.70. The molecule has 34 heavy (non-hydrogen) atoms. The van der Waals surface area contributed by atoms with Crippen molar-refractivity contribution in [3.8, 4) is 0 Å². The van der Waals surface area contributed by atoms with Crippen molar-refractivity contribution >= 4 is 5.97 Å². The predicted octanol–water partition coefficient (Wildman–Crippen LogP) is 4.15. The molecule has 7 heteroatoms. The first-order valence-corrected chi connectivity index (χ1v) is 11.6. The van der Waals surface area contributed by atoms with Crippen LogP contribution in [0.3, 0.4) is 0 Å². The number of rotatable bonds is 10. The molecule has 182 valence electrons. The van der Waals surface area contributed by atoms with Gasteiger partial charge >= 0.3 is 5.97 Å². The fraction of sp³-hybridized carbons (Fsp3) is 0.444. The van der Waals surface area contributed by atoms with Crippen molar-refractivity contribution in [2.75, 3.05) is 13.2 Å². The summed E-state index contributed by atoms with van der Waals surface area (Å²) in [5.41, 5.74) is 0.931. The molecule has 2 saturated heterocycles. The minimum atomic E-state index is -1.11. The lowest BCUT2D eigenvalue weighted by atomic mass is 9.94. The molecule has 0 radical (unpaired) electrons. The van der Waals surface area contributed by atoms with Gasteiger partial charge in [0.25, 0.3) is 0 Å². The molecular formula is C27H32O7. The minimum Gasteiger partial charge on any atom is -0.463 e. The number of carbonyl (C=O) groups is 1. The van der Waals surface area contributed by atoms with Gasteiger partial charge in [-0.1, -0.05) is 60.7 Å². The second kappa shape index (κ2) is 10.8. The second-order valence-corrected chi connectivity index (χ2v) is 8.82. The topological polar surface area (TPSA) is 72.5 Å². The van der Waals surface area contributed by atoms with Crippen LogP contribution in [0.2, 0.25) is 0 Å². The maximum Gasteiger partial charge on any atom is 0.330 e. The highest BCUT2D eigenvalue weighted by molar-refractivity contribution is 5.82. The summed E-state index contributed by atoms with van der Waals surface area (Å²) in [6, 6.07) is 19.7. The Labute approximate surface area is 200 Å². The standard InChI is InChI=1S/C27H32O7/c1-4-30-22(28)15-16-27(19-29-17-20-11-7-5-8-12-20)24(31-18-21-13-9-6-10-14-21)23-25(34-27)33-26(2,3)32-23/h5-16,23-25H,4,17-19H2,1-3H3/b16-15+/t23-,24?,25+,27-/m1/s1. The van der Waals surface area contributed by atoms with Gasteiger partial charge in [0.2, 0.25) is 0 Å². The van der Waals surface area contributed by atoms with Crippen LogP contribution < -0.4 is 0 Å². The summed E-state index contributed by atoms with van der Waals surface area (Å²) in [7, 11) is 0. The van der Waals surface area contributed by atoms with E-state index in [4.69, 9.17) is 28.4 Å². The average molecular weight is 469 g/mol. The Kier molecular flexibility index (Phi) is 7.80. The van der Waals surface area contributed by atoms with Crippen molar-refractivity contribution in [1.82, 2.24) is 0 Å². The van der Waals surface area contributed by atoms with Crippen molar-refractivity contribution in [1.29, 1.82) is 0 Å². The SMILES string of the molecule is CCOC(=O)/C=C/[C@]1(COCc2ccccc2)O[C@@H]2OC(C)(C)O[C@@H]2C1OCc1ccccc1. The van der Waals surface area contributed by atoms with Gasteiger partial charge in [0.1, 0.15) is 17.8 Å². The number of benzene rings is 2. The molecule has 0 bridgehead atoms. The van der Waals surface area contributed by atoms with Gasteiger partial charge in [0.15, 0.2) is 12.1 Å². The van der Waals surface area contributed by atoms with Crippen LogP contribution in [0.1, 0.15) is 31.9 Å². The lowest BCUT2D eigenvalue weighted by Gasteiger charge is -2.34. The van der Waals surface area contributed by atoms with E-state index in [2.05, 4.69) is 0 Å². The molecular weight excluding hydrogens is 436 g/mol. The molecule has 7 nitrogen and oxygen atoms in total. The van der Waals surface area contributed by atoms with Gasteiger partial charge in [-0.25, -0.2) is 4.79 Å². The van der Waals surface area contributed by atoms with Gasteiger partial charge in [-0.2, -0.15) is 0 Å². The molecule has 0 aliphatic carbocycles. The van der Waals surface area contributed by atoms with Crippen LogP contribution in [0, 0.1) is 0 Å². The molecule has 2 aliphatic heterocycles. The van der Waals surface area contributed by atoms with Crippen molar-refractivity contribution in [2.45, 2.75) is 63.9 Å². The van der Waals surface area contributed by atoms with Gasteiger partial charge in [-0.15, -0.1) is 0 Å². The summed E-state index contributed by atoms with van der Waals surface area (Å²) in [5.74, 6) is -1.28. The normalized spacial score (nSPS) is 27.7. The van der Waals surface area contributed by atoms with Crippen molar-refractivity contribution in [3.63, 3.8) is 0 Å². The monoisotopic (exact) mass is 468 g/mol. The Morgan fingerprint density at radius 3 is 2.24 bits per heavy atom. The van der Waals surface area contributed by atoms with E-state index in [9.17, 15) is 4.79 Å². The van der Waals surface area contributed by atoms with Crippen LogP contribution in [-0.4, -0.2) is 49.1 Å². The Balaban J connectivity index is 1.58. The second-order valence-electron chi connectivity index (χ2n) is 8.82. The fourth-order valence-corrected chi connectivity index (χ4v) is 4.21.